The van der Waals surface area contributed by atoms with Gasteiger partial charge in [-0.1, -0.05) is 9.05 Å². The highest BCUT2D eigenvalue weighted by atomic mass is 79.9. The Labute approximate surface area is 43.7 Å². The standard InChI is InChI=1S/CHBrO3P/c2-1-4-6(3)5-1/h1H/q+1. The SMILES string of the molecule is O=[P+]1OC(Br)O1. The molecule has 0 aliphatic carbocycles. The summed E-state index contributed by atoms with van der Waals surface area (Å²) in [5.41, 5.74) is 0. The van der Waals surface area contributed by atoms with Gasteiger partial charge in [0.05, 0.1) is 0 Å². The smallest absolute Gasteiger partial charge is 0.0694 e. The van der Waals surface area contributed by atoms with Crippen molar-refractivity contribution in [2.24, 2.45) is 0 Å². The van der Waals surface area contributed by atoms with Crippen LogP contribution in [-0.4, -0.2) is 5.20 Å². The first-order valence-corrected chi connectivity index (χ1v) is 3.25. The predicted molar refractivity (Wildman–Crippen MR) is 22.5 cm³/mol. The van der Waals surface area contributed by atoms with Gasteiger partial charge < -0.3 is 0 Å². The van der Waals surface area contributed by atoms with E-state index in [1.807, 2.05) is 0 Å². The van der Waals surface area contributed by atoms with Crippen LogP contribution >= 0.6 is 24.2 Å². The average molecular weight is 172 g/mol. The third-order valence-corrected chi connectivity index (χ3v) is 2.02. The van der Waals surface area contributed by atoms with E-state index in [9.17, 15) is 4.57 Å². The molecule has 0 aromatic rings. The quantitative estimate of drug-likeness (QED) is 0.408. The molecule has 5 heteroatoms. The summed E-state index contributed by atoms with van der Waals surface area (Å²) in [4.78, 5) is 0. The Bertz CT molecular complexity index is 74.9. The van der Waals surface area contributed by atoms with Crippen molar-refractivity contribution >= 4 is 24.2 Å². The molecule has 0 bridgehead atoms. The Morgan fingerprint density at radius 3 is 2.17 bits per heavy atom. The van der Waals surface area contributed by atoms with Gasteiger partial charge in [-0.3, -0.25) is 0 Å². The lowest BCUT2D eigenvalue weighted by molar-refractivity contribution is 0.000112. The zero-order valence-corrected chi connectivity index (χ0v) is 5.11. The molecule has 0 aromatic heterocycles. The summed E-state index contributed by atoms with van der Waals surface area (Å²) < 4.78 is 18.5. The molecule has 0 saturated carbocycles. The van der Waals surface area contributed by atoms with Crippen LogP contribution in [0, 0.1) is 0 Å². The van der Waals surface area contributed by atoms with Crippen molar-refractivity contribution in [1.82, 2.24) is 0 Å². The van der Waals surface area contributed by atoms with E-state index in [4.69, 9.17) is 0 Å². The third kappa shape index (κ3) is 0.763. The molecule has 0 spiro atoms. The van der Waals surface area contributed by atoms with E-state index in [0.717, 1.165) is 0 Å². The molecule has 1 aliphatic rings. The third-order valence-electron chi connectivity index (χ3n) is 0.338. The zero-order valence-electron chi connectivity index (χ0n) is 2.63. The zero-order chi connectivity index (χ0) is 4.57. The Kier molecular flexibility index (Phi) is 1.20. The summed E-state index contributed by atoms with van der Waals surface area (Å²) in [6.07, 6.45) is 0. The molecule has 0 radical (unpaired) electrons. The van der Waals surface area contributed by atoms with Crippen molar-refractivity contribution in [3.8, 4) is 0 Å². The molecule has 3 nitrogen and oxygen atoms in total. The topological polar surface area (TPSA) is 35.5 Å². The Morgan fingerprint density at radius 1 is 1.67 bits per heavy atom. The molecule has 6 heavy (non-hydrogen) atoms. The largest absolute Gasteiger partial charge is 0.705 e. The molecule has 0 amide bonds. The van der Waals surface area contributed by atoms with Crippen LogP contribution in [-0.2, 0) is 13.6 Å². The lowest BCUT2D eigenvalue weighted by Crippen LogP contribution is -2.10. The molecular weight excluding hydrogens is 171 g/mol. The van der Waals surface area contributed by atoms with Gasteiger partial charge in [-0.15, -0.1) is 0 Å². The second-order valence-electron chi connectivity index (χ2n) is 0.709. The normalized spacial score (nSPS) is 38.8. The maximum absolute atomic E-state index is 9.78. The van der Waals surface area contributed by atoms with E-state index >= 15 is 0 Å². The molecule has 0 atom stereocenters. The van der Waals surface area contributed by atoms with E-state index in [1.54, 1.807) is 0 Å². The predicted octanol–water partition coefficient (Wildman–Crippen LogP) is 1.37. The summed E-state index contributed by atoms with van der Waals surface area (Å²) in [7, 11) is -1.75. The number of rotatable bonds is 0. The first-order chi connectivity index (χ1) is 2.79. The fourth-order valence-electron chi connectivity index (χ4n) is 0.143. The molecule has 0 unspecified atom stereocenters. The van der Waals surface area contributed by atoms with Crippen LogP contribution < -0.4 is 0 Å². The summed E-state index contributed by atoms with van der Waals surface area (Å²) in [5.74, 6) is 0. The van der Waals surface area contributed by atoms with E-state index in [0.29, 0.717) is 0 Å². The maximum atomic E-state index is 9.78. The van der Waals surface area contributed by atoms with Crippen molar-refractivity contribution in [1.29, 1.82) is 0 Å². The van der Waals surface area contributed by atoms with Crippen molar-refractivity contribution in [3.63, 3.8) is 0 Å². The monoisotopic (exact) mass is 171 g/mol. The first-order valence-electron chi connectivity index (χ1n) is 1.24. The van der Waals surface area contributed by atoms with Gasteiger partial charge in [0.1, 0.15) is 0 Å². The summed E-state index contributed by atoms with van der Waals surface area (Å²) in [5, 5.41) is -0.430. The van der Waals surface area contributed by atoms with Gasteiger partial charge >= 0.3 is 13.5 Å². The number of hydrogen-bond acceptors (Lipinski definition) is 3. The second kappa shape index (κ2) is 1.54. The van der Waals surface area contributed by atoms with Gasteiger partial charge in [-0.2, -0.15) is 0 Å². The van der Waals surface area contributed by atoms with Gasteiger partial charge in [0, 0.05) is 4.57 Å². The van der Waals surface area contributed by atoms with E-state index in [2.05, 4.69) is 25.0 Å². The first kappa shape index (κ1) is 4.65. The van der Waals surface area contributed by atoms with E-state index < -0.39 is 13.5 Å². The summed E-state index contributed by atoms with van der Waals surface area (Å²) in [6.45, 7) is 0. The average Bonchev–Trinajstić information content (AvgIpc) is 1.33. The summed E-state index contributed by atoms with van der Waals surface area (Å²) in [6, 6.07) is 0. The highest BCUT2D eigenvalue weighted by Crippen LogP contribution is 2.42. The van der Waals surface area contributed by atoms with Crippen LogP contribution in [0.1, 0.15) is 0 Å². The van der Waals surface area contributed by atoms with Crippen molar-refractivity contribution < 1.29 is 13.6 Å². The molecule has 0 N–H and O–H groups in total. The Morgan fingerprint density at radius 2 is 2.17 bits per heavy atom. The van der Waals surface area contributed by atoms with Crippen molar-refractivity contribution in [3.05, 3.63) is 0 Å². The number of alkyl halides is 1. The minimum absolute atomic E-state index is 0.430. The fraction of sp³-hybridized carbons (Fsp3) is 1.00. The van der Waals surface area contributed by atoms with Crippen LogP contribution in [0.4, 0.5) is 0 Å². The van der Waals surface area contributed by atoms with Gasteiger partial charge in [0.15, 0.2) is 0 Å². The van der Waals surface area contributed by atoms with Crippen LogP contribution in [0.3, 0.4) is 0 Å². The Balaban J connectivity index is 2.28. The van der Waals surface area contributed by atoms with Gasteiger partial charge in [-0.05, 0) is 15.9 Å². The lowest BCUT2D eigenvalue weighted by Gasteiger charge is -1.99. The molecule has 1 heterocycles. The van der Waals surface area contributed by atoms with Crippen LogP contribution in [0.25, 0.3) is 0 Å². The Hall–Kier alpha value is 0.500. The number of hydrogen-bond donors (Lipinski definition) is 0. The van der Waals surface area contributed by atoms with E-state index in [-0.39, 0.29) is 0 Å². The van der Waals surface area contributed by atoms with Crippen molar-refractivity contribution in [2.75, 3.05) is 0 Å². The molecule has 34 valence electrons. The highest BCUT2D eigenvalue weighted by molar-refractivity contribution is 9.09. The number of halogens is 1. The van der Waals surface area contributed by atoms with Gasteiger partial charge in [-0.25, -0.2) is 0 Å². The van der Waals surface area contributed by atoms with Gasteiger partial charge in [0.25, 0.3) is 0 Å². The molecule has 1 saturated heterocycles. The fourth-order valence-corrected chi connectivity index (χ4v) is 1.25. The molecule has 1 aliphatic heterocycles. The molecular formula is CHBrO3P+. The molecule has 1 rings (SSSR count). The highest BCUT2D eigenvalue weighted by Gasteiger charge is 2.43. The molecule has 1 fully saturated rings. The lowest BCUT2D eigenvalue weighted by atomic mass is 11.5. The van der Waals surface area contributed by atoms with Crippen LogP contribution in [0.15, 0.2) is 0 Å². The maximum Gasteiger partial charge on any atom is 0.705 e. The van der Waals surface area contributed by atoms with E-state index in [1.165, 1.54) is 0 Å². The van der Waals surface area contributed by atoms with Crippen molar-refractivity contribution in [2.45, 2.75) is 5.20 Å². The van der Waals surface area contributed by atoms with Gasteiger partial charge in [0.2, 0.25) is 0 Å². The summed E-state index contributed by atoms with van der Waals surface area (Å²) >= 11 is 2.87. The second-order valence-corrected chi connectivity index (χ2v) is 2.33. The minimum atomic E-state index is -1.75. The minimum Gasteiger partial charge on any atom is -0.0694 e. The van der Waals surface area contributed by atoms with Crippen LogP contribution in [0.5, 0.6) is 0 Å². The van der Waals surface area contributed by atoms with Crippen LogP contribution in [0.2, 0.25) is 0 Å². The molecule has 0 aromatic carbocycles.